The molecular formula is C13H17NO4. The Labute approximate surface area is 106 Å². The number of hydrogen-bond acceptors (Lipinski definition) is 5. The first-order valence-corrected chi connectivity index (χ1v) is 5.85. The molecule has 5 nitrogen and oxygen atoms in total. The lowest BCUT2D eigenvalue weighted by molar-refractivity contribution is -0.142. The average Bonchev–Trinajstić information content (AvgIpc) is 2.84. The molecule has 1 heterocycles. The Balaban J connectivity index is 2.05. The molecule has 1 aliphatic heterocycles. The number of carbonyl (C=O) groups excluding carboxylic acids is 1. The van der Waals surface area contributed by atoms with Gasteiger partial charge >= 0.3 is 5.97 Å². The number of benzene rings is 1. The minimum absolute atomic E-state index is 0.0219. The molecule has 1 aliphatic rings. The van der Waals surface area contributed by atoms with E-state index >= 15 is 0 Å². The van der Waals surface area contributed by atoms with Gasteiger partial charge in [-0.05, 0) is 31.5 Å². The molecule has 18 heavy (non-hydrogen) atoms. The van der Waals surface area contributed by atoms with Crippen LogP contribution in [0.2, 0.25) is 0 Å². The van der Waals surface area contributed by atoms with Gasteiger partial charge in [0.1, 0.15) is 6.04 Å². The molecule has 98 valence electrons. The van der Waals surface area contributed by atoms with E-state index in [1.807, 2.05) is 25.1 Å². The number of ether oxygens (including phenoxy) is 3. The van der Waals surface area contributed by atoms with Gasteiger partial charge in [-0.2, -0.15) is 0 Å². The van der Waals surface area contributed by atoms with Crippen molar-refractivity contribution in [3.05, 3.63) is 23.8 Å². The fraction of sp³-hybridized carbons (Fsp3) is 0.462. The molecule has 0 radical (unpaired) electrons. The van der Waals surface area contributed by atoms with Crippen LogP contribution in [0.15, 0.2) is 18.2 Å². The standard InChI is InChI=1S/C13H17NO4/c1-8(14-9(2)13(15)16-3)10-4-5-11-12(6-10)18-7-17-11/h4-6,8-9,14H,7H2,1-3H3/t8?,9-/m0/s1. The Hall–Kier alpha value is -1.75. The molecule has 1 aromatic carbocycles. The lowest BCUT2D eigenvalue weighted by Gasteiger charge is -2.18. The van der Waals surface area contributed by atoms with E-state index in [2.05, 4.69) is 10.1 Å². The van der Waals surface area contributed by atoms with Crippen LogP contribution in [-0.4, -0.2) is 25.9 Å². The summed E-state index contributed by atoms with van der Waals surface area (Å²) >= 11 is 0. The summed E-state index contributed by atoms with van der Waals surface area (Å²) < 4.78 is 15.3. The normalized spacial score (nSPS) is 16.2. The predicted molar refractivity (Wildman–Crippen MR) is 65.6 cm³/mol. The summed E-state index contributed by atoms with van der Waals surface area (Å²) in [6.07, 6.45) is 0. The number of methoxy groups -OCH3 is 1. The minimum atomic E-state index is -0.351. The summed E-state index contributed by atoms with van der Waals surface area (Å²) in [6, 6.07) is 5.42. The van der Waals surface area contributed by atoms with Crippen LogP contribution in [0, 0.1) is 0 Å². The van der Waals surface area contributed by atoms with Crippen molar-refractivity contribution < 1.29 is 19.0 Å². The van der Waals surface area contributed by atoms with Gasteiger partial charge in [-0.15, -0.1) is 0 Å². The van der Waals surface area contributed by atoms with E-state index in [0.29, 0.717) is 0 Å². The summed E-state index contributed by atoms with van der Waals surface area (Å²) in [4.78, 5) is 11.3. The van der Waals surface area contributed by atoms with Crippen molar-refractivity contribution >= 4 is 5.97 Å². The van der Waals surface area contributed by atoms with Gasteiger partial charge in [-0.3, -0.25) is 10.1 Å². The zero-order valence-corrected chi connectivity index (χ0v) is 10.7. The molecule has 5 heteroatoms. The lowest BCUT2D eigenvalue weighted by Crippen LogP contribution is -2.36. The van der Waals surface area contributed by atoms with Gasteiger partial charge in [-0.25, -0.2) is 0 Å². The molecule has 0 saturated carbocycles. The van der Waals surface area contributed by atoms with Crippen molar-refractivity contribution in [2.45, 2.75) is 25.9 Å². The van der Waals surface area contributed by atoms with Gasteiger partial charge in [0.2, 0.25) is 6.79 Å². The third kappa shape index (κ3) is 2.56. The molecule has 1 unspecified atom stereocenters. The van der Waals surface area contributed by atoms with E-state index in [-0.39, 0.29) is 24.8 Å². The molecule has 1 N–H and O–H groups in total. The molecule has 0 fully saturated rings. The lowest BCUT2D eigenvalue weighted by atomic mass is 10.1. The molecular weight excluding hydrogens is 234 g/mol. The van der Waals surface area contributed by atoms with Crippen LogP contribution in [0.25, 0.3) is 0 Å². The molecule has 2 atom stereocenters. The quantitative estimate of drug-likeness (QED) is 0.824. The van der Waals surface area contributed by atoms with Crippen molar-refractivity contribution in [3.63, 3.8) is 0 Å². The van der Waals surface area contributed by atoms with Crippen molar-refractivity contribution in [1.82, 2.24) is 5.32 Å². The second kappa shape index (κ2) is 5.27. The zero-order valence-electron chi connectivity index (χ0n) is 10.7. The summed E-state index contributed by atoms with van der Waals surface area (Å²) in [5, 5.41) is 3.17. The maximum Gasteiger partial charge on any atom is 0.322 e. The molecule has 2 rings (SSSR count). The summed E-state index contributed by atoms with van der Waals surface area (Å²) in [6.45, 7) is 4.02. The van der Waals surface area contributed by atoms with Gasteiger partial charge in [0.15, 0.2) is 11.5 Å². The maximum atomic E-state index is 11.3. The highest BCUT2D eigenvalue weighted by molar-refractivity contribution is 5.75. The van der Waals surface area contributed by atoms with E-state index in [9.17, 15) is 4.79 Å². The summed E-state index contributed by atoms with van der Waals surface area (Å²) in [7, 11) is 1.38. The van der Waals surface area contributed by atoms with Crippen molar-refractivity contribution in [2.75, 3.05) is 13.9 Å². The monoisotopic (exact) mass is 251 g/mol. The van der Waals surface area contributed by atoms with Crippen LogP contribution < -0.4 is 14.8 Å². The summed E-state index contributed by atoms with van der Waals surface area (Å²) in [5.74, 6) is 1.22. The van der Waals surface area contributed by atoms with Crippen LogP contribution in [0.3, 0.4) is 0 Å². The van der Waals surface area contributed by atoms with Crippen LogP contribution >= 0.6 is 0 Å². The number of hydrogen-bond donors (Lipinski definition) is 1. The Morgan fingerprint density at radius 2 is 2.06 bits per heavy atom. The summed E-state index contributed by atoms with van der Waals surface area (Å²) in [5.41, 5.74) is 1.04. The zero-order chi connectivity index (χ0) is 13.1. The third-order valence-electron chi connectivity index (χ3n) is 2.95. The molecule has 0 amide bonds. The minimum Gasteiger partial charge on any atom is -0.468 e. The number of esters is 1. The topological polar surface area (TPSA) is 56.8 Å². The van der Waals surface area contributed by atoms with Crippen LogP contribution in [-0.2, 0) is 9.53 Å². The van der Waals surface area contributed by atoms with Gasteiger partial charge < -0.3 is 14.2 Å². The van der Waals surface area contributed by atoms with E-state index in [1.165, 1.54) is 7.11 Å². The molecule has 0 saturated heterocycles. The first-order chi connectivity index (χ1) is 8.61. The molecule has 0 aromatic heterocycles. The Morgan fingerprint density at radius 3 is 2.78 bits per heavy atom. The third-order valence-corrected chi connectivity index (χ3v) is 2.95. The van der Waals surface area contributed by atoms with Crippen molar-refractivity contribution in [2.24, 2.45) is 0 Å². The fourth-order valence-electron chi connectivity index (χ4n) is 1.90. The number of rotatable bonds is 4. The van der Waals surface area contributed by atoms with Crippen molar-refractivity contribution in [3.8, 4) is 11.5 Å². The van der Waals surface area contributed by atoms with E-state index in [0.717, 1.165) is 17.1 Å². The fourth-order valence-corrected chi connectivity index (χ4v) is 1.90. The van der Waals surface area contributed by atoms with Crippen LogP contribution in [0.5, 0.6) is 11.5 Å². The molecule has 0 aliphatic carbocycles. The smallest absolute Gasteiger partial charge is 0.322 e. The predicted octanol–water partition coefficient (Wildman–Crippen LogP) is 1.63. The Kier molecular flexibility index (Phi) is 3.72. The highest BCUT2D eigenvalue weighted by atomic mass is 16.7. The Bertz CT molecular complexity index is 447. The molecule has 0 spiro atoms. The maximum absolute atomic E-state index is 11.3. The first kappa shape index (κ1) is 12.7. The van der Waals surface area contributed by atoms with Gasteiger partial charge in [0, 0.05) is 6.04 Å². The largest absolute Gasteiger partial charge is 0.468 e. The number of fused-ring (bicyclic) bond motifs is 1. The van der Waals surface area contributed by atoms with E-state index < -0.39 is 0 Å². The molecule has 1 aromatic rings. The SMILES string of the molecule is COC(=O)[C@H](C)NC(C)c1ccc2c(c1)OCO2. The van der Waals surface area contributed by atoms with E-state index in [4.69, 9.17) is 9.47 Å². The van der Waals surface area contributed by atoms with Crippen LogP contribution in [0.1, 0.15) is 25.5 Å². The van der Waals surface area contributed by atoms with Crippen molar-refractivity contribution in [1.29, 1.82) is 0 Å². The second-order valence-corrected chi connectivity index (χ2v) is 4.25. The van der Waals surface area contributed by atoms with Gasteiger partial charge in [-0.1, -0.05) is 6.07 Å². The Morgan fingerprint density at radius 1 is 1.33 bits per heavy atom. The second-order valence-electron chi connectivity index (χ2n) is 4.25. The van der Waals surface area contributed by atoms with Gasteiger partial charge in [0.05, 0.1) is 7.11 Å². The molecule has 0 bridgehead atoms. The number of carbonyl (C=O) groups is 1. The van der Waals surface area contributed by atoms with Gasteiger partial charge in [0.25, 0.3) is 0 Å². The van der Waals surface area contributed by atoms with E-state index in [1.54, 1.807) is 6.92 Å². The highest BCUT2D eigenvalue weighted by Gasteiger charge is 2.19. The van der Waals surface area contributed by atoms with Crippen LogP contribution in [0.4, 0.5) is 0 Å². The number of nitrogens with one attached hydrogen (secondary N) is 1. The average molecular weight is 251 g/mol. The highest BCUT2D eigenvalue weighted by Crippen LogP contribution is 2.34. The first-order valence-electron chi connectivity index (χ1n) is 5.85.